The Morgan fingerprint density at radius 1 is 1.00 bits per heavy atom. The molecule has 0 aliphatic carbocycles. The average Bonchev–Trinajstić information content (AvgIpc) is 2.43. The summed E-state index contributed by atoms with van der Waals surface area (Å²) in [7, 11) is 1.73. The second-order valence-corrected chi connectivity index (χ2v) is 5.01. The van der Waals surface area contributed by atoms with E-state index in [0.29, 0.717) is 0 Å². The minimum atomic E-state index is 0.842. The van der Waals surface area contributed by atoms with E-state index in [1.165, 1.54) is 43.2 Å². The summed E-state index contributed by atoms with van der Waals surface area (Å²) in [6, 6.07) is 6.35. The van der Waals surface area contributed by atoms with Crippen LogP contribution in [0.1, 0.15) is 50.2 Å². The van der Waals surface area contributed by atoms with Crippen molar-refractivity contribution in [1.29, 1.82) is 0 Å². The highest BCUT2D eigenvalue weighted by molar-refractivity contribution is 5.34. The lowest BCUT2D eigenvalue weighted by atomic mass is 10.0. The van der Waals surface area contributed by atoms with Crippen LogP contribution in [0.15, 0.2) is 18.2 Å². The molecule has 2 nitrogen and oxygen atoms in total. The fourth-order valence-electron chi connectivity index (χ4n) is 2.24. The Morgan fingerprint density at radius 2 is 1.74 bits per heavy atom. The van der Waals surface area contributed by atoms with Gasteiger partial charge in [-0.2, -0.15) is 0 Å². The van der Waals surface area contributed by atoms with Crippen molar-refractivity contribution in [1.82, 2.24) is 0 Å². The number of hydrogen-bond donors (Lipinski definition) is 0. The quantitative estimate of drug-likeness (QED) is 0.578. The molecular formula is C17H28O2. The zero-order chi connectivity index (χ0) is 13.9. The standard InChI is InChI=1S/C17H28O2/c1-4-19-13-9-7-5-6-8-10-16-14-17(18-3)12-11-15(16)2/h11-12,14H,4-10,13H2,1-3H3. The second kappa shape index (κ2) is 9.85. The van der Waals surface area contributed by atoms with Crippen molar-refractivity contribution >= 4 is 0 Å². The lowest BCUT2D eigenvalue weighted by Crippen LogP contribution is -1.94. The molecule has 0 unspecified atom stereocenters. The number of rotatable bonds is 10. The summed E-state index contributed by atoms with van der Waals surface area (Å²) in [5, 5.41) is 0. The molecule has 19 heavy (non-hydrogen) atoms. The first-order valence-corrected chi connectivity index (χ1v) is 7.49. The summed E-state index contributed by atoms with van der Waals surface area (Å²) in [5.41, 5.74) is 2.80. The van der Waals surface area contributed by atoms with Crippen LogP contribution < -0.4 is 4.74 Å². The molecule has 0 atom stereocenters. The van der Waals surface area contributed by atoms with Crippen molar-refractivity contribution < 1.29 is 9.47 Å². The largest absolute Gasteiger partial charge is 0.497 e. The van der Waals surface area contributed by atoms with Gasteiger partial charge in [0.15, 0.2) is 0 Å². The molecule has 0 N–H and O–H groups in total. The molecule has 0 aliphatic rings. The lowest BCUT2D eigenvalue weighted by Gasteiger charge is -2.08. The molecule has 0 saturated carbocycles. The third-order valence-corrected chi connectivity index (χ3v) is 3.50. The van der Waals surface area contributed by atoms with E-state index in [2.05, 4.69) is 26.0 Å². The Hall–Kier alpha value is -1.02. The van der Waals surface area contributed by atoms with Gasteiger partial charge in [-0.1, -0.05) is 25.3 Å². The number of unbranched alkanes of at least 4 members (excludes halogenated alkanes) is 4. The molecule has 0 aromatic heterocycles. The van der Waals surface area contributed by atoms with Crippen LogP contribution in [-0.4, -0.2) is 20.3 Å². The van der Waals surface area contributed by atoms with Crippen molar-refractivity contribution in [3.63, 3.8) is 0 Å². The number of aryl methyl sites for hydroxylation is 2. The first kappa shape index (κ1) is 16.0. The van der Waals surface area contributed by atoms with E-state index in [-0.39, 0.29) is 0 Å². The minimum absolute atomic E-state index is 0.842. The molecule has 1 rings (SSSR count). The van der Waals surface area contributed by atoms with Crippen LogP contribution in [0.5, 0.6) is 5.75 Å². The fraction of sp³-hybridized carbons (Fsp3) is 0.647. The molecule has 108 valence electrons. The molecular weight excluding hydrogens is 236 g/mol. The normalized spacial score (nSPS) is 10.7. The van der Waals surface area contributed by atoms with Crippen molar-refractivity contribution in [3.8, 4) is 5.75 Å². The summed E-state index contributed by atoms with van der Waals surface area (Å²) >= 11 is 0. The highest BCUT2D eigenvalue weighted by Crippen LogP contribution is 2.19. The highest BCUT2D eigenvalue weighted by Gasteiger charge is 2.01. The first-order chi connectivity index (χ1) is 9.27. The maximum atomic E-state index is 5.34. The van der Waals surface area contributed by atoms with Crippen LogP contribution in [0.4, 0.5) is 0 Å². The molecule has 0 fully saturated rings. The average molecular weight is 264 g/mol. The van der Waals surface area contributed by atoms with Gasteiger partial charge in [0, 0.05) is 13.2 Å². The smallest absolute Gasteiger partial charge is 0.119 e. The maximum Gasteiger partial charge on any atom is 0.119 e. The maximum absolute atomic E-state index is 5.34. The molecule has 0 bridgehead atoms. The monoisotopic (exact) mass is 264 g/mol. The van der Waals surface area contributed by atoms with E-state index < -0.39 is 0 Å². The van der Waals surface area contributed by atoms with Gasteiger partial charge in [-0.3, -0.25) is 0 Å². The Bertz CT molecular complexity index is 347. The Labute approximate surface area is 118 Å². The highest BCUT2D eigenvalue weighted by atomic mass is 16.5. The molecule has 0 radical (unpaired) electrons. The summed E-state index contributed by atoms with van der Waals surface area (Å²) in [6.07, 6.45) is 7.54. The summed E-state index contributed by atoms with van der Waals surface area (Å²) in [4.78, 5) is 0. The van der Waals surface area contributed by atoms with E-state index >= 15 is 0 Å². The number of ether oxygens (including phenoxy) is 2. The van der Waals surface area contributed by atoms with Gasteiger partial charge in [0.1, 0.15) is 5.75 Å². The van der Waals surface area contributed by atoms with Crippen molar-refractivity contribution in [2.75, 3.05) is 20.3 Å². The molecule has 1 aromatic rings. The van der Waals surface area contributed by atoms with E-state index in [1.807, 2.05) is 6.07 Å². The fourth-order valence-corrected chi connectivity index (χ4v) is 2.24. The van der Waals surface area contributed by atoms with Crippen molar-refractivity contribution in [2.45, 2.75) is 52.4 Å². The van der Waals surface area contributed by atoms with Crippen LogP contribution in [0, 0.1) is 6.92 Å². The van der Waals surface area contributed by atoms with Crippen LogP contribution in [-0.2, 0) is 11.2 Å². The molecule has 0 aliphatic heterocycles. The predicted octanol–water partition coefficient (Wildman–Crippen LogP) is 4.53. The van der Waals surface area contributed by atoms with Gasteiger partial charge in [0.05, 0.1) is 7.11 Å². The number of methoxy groups -OCH3 is 1. The van der Waals surface area contributed by atoms with E-state index in [9.17, 15) is 0 Å². The zero-order valence-corrected chi connectivity index (χ0v) is 12.7. The van der Waals surface area contributed by atoms with Gasteiger partial charge < -0.3 is 9.47 Å². The summed E-state index contributed by atoms with van der Waals surface area (Å²) < 4.78 is 10.6. The molecule has 1 aromatic carbocycles. The molecule has 0 spiro atoms. The summed E-state index contributed by atoms with van der Waals surface area (Å²) in [6.45, 7) is 5.99. The number of benzene rings is 1. The van der Waals surface area contributed by atoms with Gasteiger partial charge in [-0.05, 0) is 56.4 Å². The SMILES string of the molecule is CCOCCCCCCCc1cc(OC)ccc1C. The predicted molar refractivity (Wildman–Crippen MR) is 81.0 cm³/mol. The van der Waals surface area contributed by atoms with Gasteiger partial charge in [0.25, 0.3) is 0 Å². The van der Waals surface area contributed by atoms with Gasteiger partial charge in [0.2, 0.25) is 0 Å². The Balaban J connectivity index is 2.15. The van der Waals surface area contributed by atoms with Crippen molar-refractivity contribution in [2.24, 2.45) is 0 Å². The molecule has 0 heterocycles. The molecule has 0 saturated heterocycles. The summed E-state index contributed by atoms with van der Waals surface area (Å²) in [5.74, 6) is 0.970. The van der Waals surface area contributed by atoms with Gasteiger partial charge in [-0.15, -0.1) is 0 Å². The van der Waals surface area contributed by atoms with E-state index in [1.54, 1.807) is 7.11 Å². The number of hydrogen-bond acceptors (Lipinski definition) is 2. The van der Waals surface area contributed by atoms with Gasteiger partial charge >= 0.3 is 0 Å². The Morgan fingerprint density at radius 3 is 2.47 bits per heavy atom. The molecule has 0 amide bonds. The molecule has 2 heteroatoms. The third-order valence-electron chi connectivity index (χ3n) is 3.50. The van der Waals surface area contributed by atoms with Crippen molar-refractivity contribution in [3.05, 3.63) is 29.3 Å². The second-order valence-electron chi connectivity index (χ2n) is 5.01. The van der Waals surface area contributed by atoms with E-state index in [0.717, 1.165) is 25.4 Å². The topological polar surface area (TPSA) is 18.5 Å². The van der Waals surface area contributed by atoms with Crippen LogP contribution in [0.2, 0.25) is 0 Å². The minimum Gasteiger partial charge on any atom is -0.497 e. The van der Waals surface area contributed by atoms with Crippen LogP contribution in [0.3, 0.4) is 0 Å². The van der Waals surface area contributed by atoms with Crippen LogP contribution in [0.25, 0.3) is 0 Å². The zero-order valence-electron chi connectivity index (χ0n) is 12.7. The first-order valence-electron chi connectivity index (χ1n) is 7.49. The Kier molecular flexibility index (Phi) is 8.31. The third kappa shape index (κ3) is 6.63. The van der Waals surface area contributed by atoms with Crippen LogP contribution >= 0.6 is 0 Å². The lowest BCUT2D eigenvalue weighted by molar-refractivity contribution is 0.143. The van der Waals surface area contributed by atoms with E-state index in [4.69, 9.17) is 9.47 Å². The van der Waals surface area contributed by atoms with Gasteiger partial charge in [-0.25, -0.2) is 0 Å².